The summed E-state index contributed by atoms with van der Waals surface area (Å²) in [6.45, 7) is 0.510. The fourth-order valence-electron chi connectivity index (χ4n) is 1.60. The van der Waals surface area contributed by atoms with Crippen LogP contribution in [-0.2, 0) is 16.6 Å². The summed E-state index contributed by atoms with van der Waals surface area (Å²) < 4.78 is 27.1. The van der Waals surface area contributed by atoms with Crippen LogP contribution in [-0.4, -0.2) is 15.5 Å². The highest BCUT2D eigenvalue weighted by Gasteiger charge is 2.20. The number of thiophene rings is 1. The van der Waals surface area contributed by atoms with Crippen molar-refractivity contribution in [1.29, 1.82) is 0 Å². The molecule has 2 aromatic rings. The highest BCUT2D eigenvalue weighted by molar-refractivity contribution is 7.93. The predicted molar refractivity (Wildman–Crippen MR) is 79.3 cm³/mol. The molecule has 102 valence electrons. The number of anilines is 1. The largest absolute Gasteiger partial charge is 0.315 e. The molecule has 1 heterocycles. The molecular formula is C12H13ClN2O2S2. The molecule has 0 radical (unpaired) electrons. The molecule has 0 aliphatic rings. The number of halogens is 1. The van der Waals surface area contributed by atoms with Crippen molar-refractivity contribution in [2.24, 2.45) is 0 Å². The molecule has 0 aliphatic heterocycles. The summed E-state index contributed by atoms with van der Waals surface area (Å²) in [7, 11) is -1.83. The molecule has 0 saturated carbocycles. The number of para-hydroxylation sites is 1. The van der Waals surface area contributed by atoms with Gasteiger partial charge < -0.3 is 5.32 Å². The highest BCUT2D eigenvalue weighted by Crippen LogP contribution is 2.27. The van der Waals surface area contributed by atoms with Crippen LogP contribution in [0, 0.1) is 0 Å². The van der Waals surface area contributed by atoms with Gasteiger partial charge in [-0.1, -0.05) is 23.7 Å². The molecule has 0 atom stereocenters. The summed E-state index contributed by atoms with van der Waals surface area (Å²) in [5.41, 5.74) is 0.380. The Balaban J connectivity index is 2.33. The average Bonchev–Trinajstić information content (AvgIpc) is 2.81. The first-order valence-corrected chi connectivity index (χ1v) is 8.27. The summed E-state index contributed by atoms with van der Waals surface area (Å²) in [5.74, 6) is 0. The molecule has 2 N–H and O–H groups in total. The maximum Gasteiger partial charge on any atom is 0.263 e. The normalized spacial score (nSPS) is 11.5. The Kier molecular flexibility index (Phi) is 4.46. The minimum absolute atomic E-state index is 0.284. The van der Waals surface area contributed by atoms with Gasteiger partial charge in [0.2, 0.25) is 0 Å². The second-order valence-electron chi connectivity index (χ2n) is 3.82. The molecule has 2 rings (SSSR count). The third kappa shape index (κ3) is 3.27. The summed E-state index contributed by atoms with van der Waals surface area (Å²) in [6, 6.07) is 8.34. The van der Waals surface area contributed by atoms with Crippen LogP contribution in [0.3, 0.4) is 0 Å². The molecule has 0 saturated heterocycles. The van der Waals surface area contributed by atoms with Crippen LogP contribution < -0.4 is 10.0 Å². The van der Waals surface area contributed by atoms with Crippen LogP contribution in [0.15, 0.2) is 40.6 Å². The van der Waals surface area contributed by atoms with Gasteiger partial charge in [0.25, 0.3) is 10.0 Å². The Hall–Kier alpha value is -1.08. The lowest BCUT2D eigenvalue weighted by molar-refractivity contribution is 0.600. The first-order valence-electron chi connectivity index (χ1n) is 5.53. The number of sulfonamides is 1. The third-order valence-corrected chi connectivity index (χ3v) is 5.28. The Morgan fingerprint density at radius 2 is 2.00 bits per heavy atom. The lowest BCUT2D eigenvalue weighted by Gasteiger charge is -2.10. The number of hydrogen-bond donors (Lipinski definition) is 2. The van der Waals surface area contributed by atoms with Crippen molar-refractivity contribution in [2.75, 3.05) is 11.8 Å². The molecular weight excluding hydrogens is 304 g/mol. The van der Waals surface area contributed by atoms with E-state index in [1.165, 1.54) is 11.3 Å². The van der Waals surface area contributed by atoms with Crippen molar-refractivity contribution in [3.05, 3.63) is 45.6 Å². The first-order chi connectivity index (χ1) is 9.04. The Morgan fingerprint density at radius 3 is 2.68 bits per heavy atom. The molecule has 0 fully saturated rings. The van der Waals surface area contributed by atoms with E-state index in [4.69, 9.17) is 11.6 Å². The van der Waals surface area contributed by atoms with E-state index in [9.17, 15) is 8.42 Å². The number of nitrogens with one attached hydrogen (secondary N) is 2. The molecule has 0 aliphatic carbocycles. The highest BCUT2D eigenvalue weighted by atomic mass is 35.5. The van der Waals surface area contributed by atoms with E-state index in [2.05, 4.69) is 10.0 Å². The van der Waals surface area contributed by atoms with Crippen LogP contribution in [0.1, 0.15) is 4.88 Å². The zero-order valence-corrected chi connectivity index (χ0v) is 12.6. The van der Waals surface area contributed by atoms with E-state index in [1.807, 2.05) is 0 Å². The monoisotopic (exact) mass is 316 g/mol. The summed E-state index contributed by atoms with van der Waals surface area (Å²) in [5, 5.41) is 5.08. The van der Waals surface area contributed by atoms with E-state index in [-0.39, 0.29) is 4.90 Å². The second kappa shape index (κ2) is 5.92. The van der Waals surface area contributed by atoms with Gasteiger partial charge in [0, 0.05) is 11.4 Å². The molecule has 0 amide bonds. The van der Waals surface area contributed by atoms with Gasteiger partial charge in [-0.25, -0.2) is 8.42 Å². The SMILES string of the molecule is CNCc1sccc1S(=O)(=O)Nc1ccccc1Cl. The zero-order valence-electron chi connectivity index (χ0n) is 10.2. The van der Waals surface area contributed by atoms with Crippen molar-refractivity contribution in [1.82, 2.24) is 5.32 Å². The zero-order chi connectivity index (χ0) is 13.9. The maximum atomic E-state index is 12.3. The number of hydrogen-bond acceptors (Lipinski definition) is 4. The Bertz CT molecular complexity index is 668. The predicted octanol–water partition coefficient (Wildman–Crippen LogP) is 2.92. The fourth-order valence-corrected chi connectivity index (χ4v) is 4.38. The van der Waals surface area contributed by atoms with Gasteiger partial charge in [-0.05, 0) is 30.6 Å². The number of rotatable bonds is 5. The molecule has 1 aromatic heterocycles. The minimum atomic E-state index is -3.61. The van der Waals surface area contributed by atoms with Crippen molar-refractivity contribution in [3.8, 4) is 0 Å². The summed E-state index contributed by atoms with van der Waals surface area (Å²) >= 11 is 7.36. The van der Waals surface area contributed by atoms with Gasteiger partial charge in [0.05, 0.1) is 10.7 Å². The number of benzene rings is 1. The van der Waals surface area contributed by atoms with Crippen molar-refractivity contribution < 1.29 is 8.42 Å². The lowest BCUT2D eigenvalue weighted by Crippen LogP contribution is -2.15. The fraction of sp³-hybridized carbons (Fsp3) is 0.167. The topological polar surface area (TPSA) is 58.2 Å². The molecule has 4 nitrogen and oxygen atoms in total. The average molecular weight is 317 g/mol. The first kappa shape index (κ1) is 14.3. The quantitative estimate of drug-likeness (QED) is 0.891. The molecule has 0 unspecified atom stereocenters. The van der Waals surface area contributed by atoms with Crippen LogP contribution in [0.5, 0.6) is 0 Å². The van der Waals surface area contributed by atoms with Gasteiger partial charge in [-0.3, -0.25) is 4.72 Å². The second-order valence-corrected chi connectivity index (χ2v) is 6.88. The van der Waals surface area contributed by atoms with E-state index in [1.54, 1.807) is 42.8 Å². The lowest BCUT2D eigenvalue weighted by atomic mass is 10.3. The third-order valence-electron chi connectivity index (χ3n) is 2.45. The van der Waals surface area contributed by atoms with Gasteiger partial charge >= 0.3 is 0 Å². The van der Waals surface area contributed by atoms with E-state index in [0.717, 1.165) is 4.88 Å². The summed E-state index contributed by atoms with van der Waals surface area (Å²) in [6.07, 6.45) is 0. The van der Waals surface area contributed by atoms with Crippen molar-refractivity contribution >= 4 is 38.6 Å². The summed E-state index contributed by atoms with van der Waals surface area (Å²) in [4.78, 5) is 1.05. The van der Waals surface area contributed by atoms with E-state index >= 15 is 0 Å². The van der Waals surface area contributed by atoms with Crippen molar-refractivity contribution in [3.63, 3.8) is 0 Å². The Labute approximate surface area is 121 Å². The smallest absolute Gasteiger partial charge is 0.263 e. The van der Waals surface area contributed by atoms with Gasteiger partial charge in [-0.2, -0.15) is 0 Å². The molecule has 0 spiro atoms. The standard InChI is InChI=1S/C12H13ClN2O2S2/c1-14-8-11-12(6-7-18-11)19(16,17)15-10-5-3-2-4-9(10)13/h2-7,14-15H,8H2,1H3. The molecule has 1 aromatic carbocycles. The van der Waals surface area contributed by atoms with Crippen LogP contribution in [0.25, 0.3) is 0 Å². The molecule has 0 bridgehead atoms. The van der Waals surface area contributed by atoms with E-state index < -0.39 is 10.0 Å². The van der Waals surface area contributed by atoms with Crippen LogP contribution in [0.4, 0.5) is 5.69 Å². The maximum absolute atomic E-state index is 12.3. The Morgan fingerprint density at radius 1 is 1.26 bits per heavy atom. The van der Waals surface area contributed by atoms with Crippen molar-refractivity contribution in [2.45, 2.75) is 11.4 Å². The molecule has 7 heteroatoms. The van der Waals surface area contributed by atoms with E-state index in [0.29, 0.717) is 17.3 Å². The van der Waals surface area contributed by atoms with Gasteiger partial charge in [-0.15, -0.1) is 11.3 Å². The minimum Gasteiger partial charge on any atom is -0.315 e. The van der Waals surface area contributed by atoms with Gasteiger partial charge in [0.1, 0.15) is 4.90 Å². The van der Waals surface area contributed by atoms with Gasteiger partial charge in [0.15, 0.2) is 0 Å². The van der Waals surface area contributed by atoms with Crippen LogP contribution in [0.2, 0.25) is 5.02 Å². The van der Waals surface area contributed by atoms with Crippen LogP contribution >= 0.6 is 22.9 Å². The molecule has 19 heavy (non-hydrogen) atoms.